The van der Waals surface area contributed by atoms with Crippen molar-refractivity contribution in [1.29, 1.82) is 0 Å². The highest BCUT2D eigenvalue weighted by Crippen LogP contribution is 2.20. The predicted molar refractivity (Wildman–Crippen MR) is 104 cm³/mol. The fourth-order valence-corrected chi connectivity index (χ4v) is 3.22. The van der Waals surface area contributed by atoms with E-state index < -0.39 is 0 Å². The minimum atomic E-state index is -0.220. The summed E-state index contributed by atoms with van der Waals surface area (Å²) in [5.41, 5.74) is 2.98. The molecule has 0 aliphatic rings. The summed E-state index contributed by atoms with van der Waals surface area (Å²) in [5, 5.41) is 7.88. The third-order valence-corrected chi connectivity index (χ3v) is 4.71. The number of hydrogen-bond acceptors (Lipinski definition) is 2. The van der Waals surface area contributed by atoms with Gasteiger partial charge in [0.2, 0.25) is 0 Å². The molecule has 0 bridgehead atoms. The maximum absolute atomic E-state index is 13.4. The van der Waals surface area contributed by atoms with E-state index in [2.05, 4.69) is 27.8 Å². The molecule has 1 aromatic heterocycles. The molecule has 0 aliphatic carbocycles. The minimum absolute atomic E-state index is 0.220. The van der Waals surface area contributed by atoms with Crippen molar-refractivity contribution in [3.8, 4) is 0 Å². The van der Waals surface area contributed by atoms with Crippen molar-refractivity contribution < 1.29 is 4.39 Å². The molecule has 3 nitrogen and oxygen atoms in total. The second-order valence-corrected chi connectivity index (χ2v) is 6.65. The lowest BCUT2D eigenvalue weighted by Crippen LogP contribution is -2.30. The molecule has 0 saturated carbocycles. The Bertz CT molecular complexity index is 860. The number of H-pyrrole nitrogens is 1. The fraction of sp³-hybridized carbons (Fsp3) is 0.167. The molecule has 3 N–H and O–H groups in total. The van der Waals surface area contributed by atoms with Crippen LogP contribution in [0.5, 0.6) is 0 Å². The molecule has 24 heavy (non-hydrogen) atoms. The lowest BCUT2D eigenvalue weighted by atomic mass is 10.1. The van der Waals surface area contributed by atoms with Crippen molar-refractivity contribution in [1.82, 2.24) is 10.3 Å². The first-order valence-electron chi connectivity index (χ1n) is 7.60. The van der Waals surface area contributed by atoms with Crippen LogP contribution >= 0.6 is 24.0 Å². The van der Waals surface area contributed by atoms with Crippen LogP contribution in [-0.4, -0.2) is 22.9 Å². The highest BCUT2D eigenvalue weighted by atomic mass is 32.2. The van der Waals surface area contributed by atoms with Crippen molar-refractivity contribution in [3.05, 3.63) is 60.0 Å². The maximum atomic E-state index is 13.4. The summed E-state index contributed by atoms with van der Waals surface area (Å²) < 4.78 is 13.4. The quantitative estimate of drug-likeness (QED) is 0.461. The van der Waals surface area contributed by atoms with Crippen molar-refractivity contribution in [2.75, 3.05) is 18.1 Å². The average Bonchev–Trinajstić information content (AvgIpc) is 2.97. The Morgan fingerprint density at radius 1 is 1.25 bits per heavy atom. The highest BCUT2D eigenvalue weighted by molar-refractivity contribution is 7.98. The molecule has 0 unspecified atom stereocenters. The summed E-state index contributed by atoms with van der Waals surface area (Å²) in [6.45, 7) is 0.678. The van der Waals surface area contributed by atoms with Gasteiger partial charge in [-0.1, -0.05) is 6.07 Å². The number of nitrogens with one attached hydrogen (secondary N) is 3. The highest BCUT2D eigenvalue weighted by Gasteiger charge is 2.05. The van der Waals surface area contributed by atoms with Crippen LogP contribution in [0.25, 0.3) is 10.9 Å². The van der Waals surface area contributed by atoms with Crippen molar-refractivity contribution in [3.63, 3.8) is 0 Å². The van der Waals surface area contributed by atoms with Gasteiger partial charge in [0.05, 0.1) is 0 Å². The number of thioether (sulfide) groups is 1. The lowest BCUT2D eigenvalue weighted by Gasteiger charge is -2.11. The van der Waals surface area contributed by atoms with Gasteiger partial charge in [-0.25, -0.2) is 4.39 Å². The molecule has 0 aliphatic heterocycles. The van der Waals surface area contributed by atoms with Crippen LogP contribution < -0.4 is 10.6 Å². The summed E-state index contributed by atoms with van der Waals surface area (Å²) in [4.78, 5) is 4.34. The molecule has 3 aromatic rings. The van der Waals surface area contributed by atoms with Gasteiger partial charge in [-0.3, -0.25) is 0 Å². The van der Waals surface area contributed by atoms with E-state index in [-0.39, 0.29) is 5.82 Å². The van der Waals surface area contributed by atoms with E-state index in [1.54, 1.807) is 23.9 Å². The fourth-order valence-electron chi connectivity index (χ4n) is 2.54. The molecule has 0 atom stereocenters. The number of rotatable bonds is 5. The molecule has 0 fully saturated rings. The summed E-state index contributed by atoms with van der Waals surface area (Å²) in [5.74, 6) is -0.220. The van der Waals surface area contributed by atoms with Gasteiger partial charge >= 0.3 is 0 Å². The third kappa shape index (κ3) is 4.07. The van der Waals surface area contributed by atoms with Gasteiger partial charge in [-0.05, 0) is 66.9 Å². The number of benzene rings is 2. The van der Waals surface area contributed by atoms with E-state index in [9.17, 15) is 4.39 Å². The zero-order valence-electron chi connectivity index (χ0n) is 13.2. The molecule has 0 radical (unpaired) electrons. The normalized spacial score (nSPS) is 10.8. The number of aromatic nitrogens is 1. The summed E-state index contributed by atoms with van der Waals surface area (Å²) >= 11 is 7.02. The molecule has 3 rings (SSSR count). The summed E-state index contributed by atoms with van der Waals surface area (Å²) in [6.07, 6.45) is 4.72. The van der Waals surface area contributed by atoms with Crippen LogP contribution in [-0.2, 0) is 6.42 Å². The van der Waals surface area contributed by atoms with E-state index >= 15 is 0 Å². The Hall–Kier alpha value is -2.05. The first kappa shape index (κ1) is 16.8. The van der Waals surface area contributed by atoms with Crippen molar-refractivity contribution >= 4 is 45.7 Å². The van der Waals surface area contributed by atoms with Crippen LogP contribution in [0, 0.1) is 5.82 Å². The van der Waals surface area contributed by atoms with E-state index in [4.69, 9.17) is 12.2 Å². The molecule has 6 heteroatoms. The third-order valence-electron chi connectivity index (χ3n) is 3.74. The van der Waals surface area contributed by atoms with E-state index in [0.29, 0.717) is 11.7 Å². The minimum Gasteiger partial charge on any atom is -0.362 e. The topological polar surface area (TPSA) is 39.8 Å². The van der Waals surface area contributed by atoms with E-state index in [0.717, 1.165) is 28.6 Å². The van der Waals surface area contributed by atoms with Gasteiger partial charge in [0, 0.05) is 34.2 Å². The zero-order chi connectivity index (χ0) is 16.9. The van der Waals surface area contributed by atoms with Crippen LogP contribution in [0.4, 0.5) is 10.1 Å². The molecule has 0 spiro atoms. The number of hydrogen-bond donors (Lipinski definition) is 3. The monoisotopic (exact) mass is 359 g/mol. The number of halogens is 1. The van der Waals surface area contributed by atoms with Crippen LogP contribution in [0.1, 0.15) is 5.56 Å². The average molecular weight is 359 g/mol. The Morgan fingerprint density at radius 3 is 2.96 bits per heavy atom. The predicted octanol–water partition coefficient (Wildman–Crippen LogP) is 4.56. The van der Waals surface area contributed by atoms with E-state index in [1.807, 2.05) is 24.6 Å². The summed E-state index contributed by atoms with van der Waals surface area (Å²) in [7, 11) is 0. The van der Waals surface area contributed by atoms with E-state index in [1.165, 1.54) is 11.0 Å². The first-order chi connectivity index (χ1) is 11.7. The Labute approximate surface area is 150 Å². The van der Waals surface area contributed by atoms with Gasteiger partial charge < -0.3 is 15.6 Å². The number of fused-ring (bicyclic) bond motifs is 1. The lowest BCUT2D eigenvalue weighted by molar-refractivity contribution is 0.629. The molecule has 124 valence electrons. The van der Waals surface area contributed by atoms with Crippen LogP contribution in [0.2, 0.25) is 0 Å². The zero-order valence-corrected chi connectivity index (χ0v) is 14.9. The number of aromatic amines is 1. The van der Waals surface area contributed by atoms with Crippen molar-refractivity contribution in [2.45, 2.75) is 11.3 Å². The van der Waals surface area contributed by atoms with Crippen LogP contribution in [0.15, 0.2) is 53.6 Å². The SMILES string of the molecule is CSc1cccc(NC(=S)NCCc2c[nH]c3ccc(F)cc23)c1. The Balaban J connectivity index is 1.55. The molecular formula is C18H18FN3S2. The van der Waals surface area contributed by atoms with Crippen LogP contribution in [0.3, 0.4) is 0 Å². The first-order valence-corrected chi connectivity index (χ1v) is 9.23. The molecule has 0 amide bonds. The molecular weight excluding hydrogens is 341 g/mol. The Morgan fingerprint density at radius 2 is 2.12 bits per heavy atom. The second-order valence-electron chi connectivity index (χ2n) is 5.37. The number of anilines is 1. The molecule has 0 saturated heterocycles. The van der Waals surface area contributed by atoms with Gasteiger partial charge in [-0.2, -0.15) is 0 Å². The standard InChI is InChI=1S/C18H18FN3S2/c1-24-15-4-2-3-14(10-15)22-18(23)20-8-7-12-11-21-17-6-5-13(19)9-16(12)17/h2-6,9-11,21H,7-8H2,1H3,(H2,20,22,23). The largest absolute Gasteiger partial charge is 0.362 e. The van der Waals surface area contributed by atoms with Gasteiger partial charge in [0.1, 0.15) is 5.82 Å². The maximum Gasteiger partial charge on any atom is 0.170 e. The molecule has 2 aromatic carbocycles. The summed E-state index contributed by atoms with van der Waals surface area (Å²) in [6, 6.07) is 12.9. The Kier molecular flexibility index (Phi) is 5.37. The van der Waals surface area contributed by atoms with Gasteiger partial charge in [-0.15, -0.1) is 11.8 Å². The van der Waals surface area contributed by atoms with Gasteiger partial charge in [0.15, 0.2) is 5.11 Å². The van der Waals surface area contributed by atoms with Crippen molar-refractivity contribution in [2.24, 2.45) is 0 Å². The smallest absolute Gasteiger partial charge is 0.170 e. The second kappa shape index (κ2) is 7.68. The van der Waals surface area contributed by atoms with Gasteiger partial charge in [0.25, 0.3) is 0 Å². The number of thiocarbonyl (C=S) groups is 1. The molecule has 1 heterocycles.